The average molecular weight is 470 g/mol. The van der Waals surface area contributed by atoms with Crippen molar-refractivity contribution in [3.05, 3.63) is 56.7 Å². The summed E-state index contributed by atoms with van der Waals surface area (Å²) in [6, 6.07) is 10.8. The third-order valence-corrected chi connectivity index (χ3v) is 7.16. The van der Waals surface area contributed by atoms with Gasteiger partial charge in [0.05, 0.1) is 41.7 Å². The molecule has 170 valence electrons. The number of likely N-dealkylation sites (tertiary alicyclic amines) is 1. The van der Waals surface area contributed by atoms with Crippen molar-refractivity contribution < 1.29 is 13.6 Å². The number of alkyl halides is 2. The van der Waals surface area contributed by atoms with Crippen LogP contribution in [0.3, 0.4) is 0 Å². The highest BCUT2D eigenvalue weighted by molar-refractivity contribution is 7.20. The lowest BCUT2D eigenvalue weighted by molar-refractivity contribution is -0.112. The standard InChI is InChI=1S/C23H21F2N5O2S/c24-23(25)13-29(14-23)20(31)18-10-17-19(33-18)21(32)30(12-16-7-3-2-6-15(16)11-26)22(27-17)28-8-4-1-5-9-28/h2-3,6-7,10H,1,4-5,8-9,12-14H2. The molecule has 2 aliphatic rings. The number of hydrogen-bond donors (Lipinski definition) is 0. The van der Waals surface area contributed by atoms with E-state index < -0.39 is 24.9 Å². The van der Waals surface area contributed by atoms with Crippen molar-refractivity contribution in [2.24, 2.45) is 0 Å². The van der Waals surface area contributed by atoms with E-state index in [-0.39, 0.29) is 17.0 Å². The van der Waals surface area contributed by atoms with E-state index in [4.69, 9.17) is 4.98 Å². The highest BCUT2D eigenvalue weighted by Crippen LogP contribution is 2.31. The van der Waals surface area contributed by atoms with Crippen LogP contribution >= 0.6 is 11.3 Å². The van der Waals surface area contributed by atoms with Crippen LogP contribution in [0.25, 0.3) is 10.2 Å². The lowest BCUT2D eigenvalue weighted by Crippen LogP contribution is -2.58. The first kappa shape index (κ1) is 21.5. The summed E-state index contributed by atoms with van der Waals surface area (Å²) in [6.07, 6.45) is 3.08. The summed E-state index contributed by atoms with van der Waals surface area (Å²) in [5, 5.41) is 9.48. The average Bonchev–Trinajstić information content (AvgIpc) is 3.24. The van der Waals surface area contributed by atoms with E-state index in [0.29, 0.717) is 27.3 Å². The first-order chi connectivity index (χ1) is 15.9. The third-order valence-electron chi connectivity index (χ3n) is 6.06. The molecule has 2 aromatic heterocycles. The summed E-state index contributed by atoms with van der Waals surface area (Å²) in [6.45, 7) is 0.480. The molecule has 1 aromatic carbocycles. The van der Waals surface area contributed by atoms with Gasteiger partial charge in [0.2, 0.25) is 5.95 Å². The molecule has 0 spiro atoms. The lowest BCUT2D eigenvalue weighted by Gasteiger charge is -2.38. The predicted molar refractivity (Wildman–Crippen MR) is 121 cm³/mol. The fourth-order valence-corrected chi connectivity index (χ4v) is 5.35. The summed E-state index contributed by atoms with van der Waals surface area (Å²) >= 11 is 0.984. The molecule has 2 aliphatic heterocycles. The number of benzene rings is 1. The highest BCUT2D eigenvalue weighted by Gasteiger charge is 2.46. The minimum absolute atomic E-state index is 0.177. The molecule has 0 bridgehead atoms. The third kappa shape index (κ3) is 3.97. The number of nitrogens with zero attached hydrogens (tertiary/aromatic N) is 5. The molecule has 1 amide bonds. The van der Waals surface area contributed by atoms with Gasteiger partial charge in [0, 0.05) is 13.1 Å². The Morgan fingerprint density at radius 2 is 1.91 bits per heavy atom. The second-order valence-corrected chi connectivity index (χ2v) is 9.51. The van der Waals surface area contributed by atoms with Gasteiger partial charge >= 0.3 is 0 Å². The van der Waals surface area contributed by atoms with Crippen molar-refractivity contribution in [2.75, 3.05) is 31.1 Å². The van der Waals surface area contributed by atoms with Crippen LogP contribution in [-0.2, 0) is 6.54 Å². The van der Waals surface area contributed by atoms with Crippen LogP contribution in [0, 0.1) is 11.3 Å². The Morgan fingerprint density at radius 3 is 2.61 bits per heavy atom. The van der Waals surface area contributed by atoms with E-state index in [1.807, 2.05) is 12.1 Å². The molecule has 0 radical (unpaired) electrons. The molecule has 0 N–H and O–H groups in total. The van der Waals surface area contributed by atoms with Crippen LogP contribution in [0.4, 0.5) is 14.7 Å². The highest BCUT2D eigenvalue weighted by atomic mass is 32.1. The Hall–Kier alpha value is -3.32. The number of hydrogen-bond acceptors (Lipinski definition) is 6. The number of amides is 1. The molecule has 2 fully saturated rings. The molecule has 7 nitrogen and oxygen atoms in total. The summed E-state index contributed by atoms with van der Waals surface area (Å²) in [5.74, 6) is -2.86. The molecule has 0 aliphatic carbocycles. The molecule has 0 atom stereocenters. The number of thiophene rings is 1. The number of fused-ring (bicyclic) bond motifs is 1. The Balaban J connectivity index is 1.59. The van der Waals surface area contributed by atoms with Crippen LogP contribution in [0.5, 0.6) is 0 Å². The Kier molecular flexibility index (Phi) is 5.37. The monoisotopic (exact) mass is 469 g/mol. The normalized spacial score (nSPS) is 17.6. The minimum Gasteiger partial charge on any atom is -0.342 e. The van der Waals surface area contributed by atoms with Crippen LogP contribution < -0.4 is 10.5 Å². The van der Waals surface area contributed by atoms with E-state index in [1.165, 1.54) is 6.07 Å². The maximum absolute atomic E-state index is 13.6. The molecule has 4 heterocycles. The lowest BCUT2D eigenvalue weighted by atomic mass is 10.1. The van der Waals surface area contributed by atoms with Gasteiger partial charge in [0.1, 0.15) is 4.70 Å². The van der Waals surface area contributed by atoms with Crippen molar-refractivity contribution in [1.82, 2.24) is 14.5 Å². The van der Waals surface area contributed by atoms with E-state index in [2.05, 4.69) is 11.0 Å². The molecule has 3 aromatic rings. The van der Waals surface area contributed by atoms with Gasteiger partial charge in [0.25, 0.3) is 17.4 Å². The van der Waals surface area contributed by atoms with E-state index >= 15 is 0 Å². The van der Waals surface area contributed by atoms with Crippen molar-refractivity contribution in [3.8, 4) is 6.07 Å². The Bertz CT molecular complexity index is 1330. The van der Waals surface area contributed by atoms with Gasteiger partial charge in [-0.15, -0.1) is 11.3 Å². The Morgan fingerprint density at radius 1 is 1.18 bits per heavy atom. The SMILES string of the molecule is N#Cc1ccccc1Cn1c(N2CCCCC2)nc2cc(C(=O)N3CC(F)(F)C3)sc2c1=O. The van der Waals surface area contributed by atoms with Gasteiger partial charge in [-0.1, -0.05) is 18.2 Å². The molecule has 0 unspecified atom stereocenters. The summed E-state index contributed by atoms with van der Waals surface area (Å²) in [4.78, 5) is 34.3. The number of anilines is 1. The zero-order valence-corrected chi connectivity index (χ0v) is 18.6. The first-order valence-corrected chi connectivity index (χ1v) is 11.6. The predicted octanol–water partition coefficient (Wildman–Crippen LogP) is 3.46. The fourth-order valence-electron chi connectivity index (χ4n) is 4.33. The largest absolute Gasteiger partial charge is 0.342 e. The number of piperidine rings is 1. The summed E-state index contributed by atoms with van der Waals surface area (Å²) < 4.78 is 28.3. The van der Waals surface area contributed by atoms with Crippen molar-refractivity contribution in [1.29, 1.82) is 5.26 Å². The smallest absolute Gasteiger partial charge is 0.282 e. The molecule has 5 rings (SSSR count). The van der Waals surface area contributed by atoms with Gasteiger partial charge in [-0.3, -0.25) is 14.2 Å². The van der Waals surface area contributed by atoms with Crippen molar-refractivity contribution in [3.63, 3.8) is 0 Å². The number of nitriles is 1. The quantitative estimate of drug-likeness (QED) is 0.585. The number of carbonyl (C=O) groups is 1. The molecule has 0 saturated carbocycles. The van der Waals surface area contributed by atoms with Crippen molar-refractivity contribution in [2.45, 2.75) is 31.7 Å². The van der Waals surface area contributed by atoms with Gasteiger partial charge in [-0.25, -0.2) is 13.8 Å². The zero-order chi connectivity index (χ0) is 23.2. The second-order valence-electron chi connectivity index (χ2n) is 8.46. The van der Waals surface area contributed by atoms with Gasteiger partial charge in [0.15, 0.2) is 0 Å². The van der Waals surface area contributed by atoms with Gasteiger partial charge in [-0.2, -0.15) is 5.26 Å². The maximum atomic E-state index is 13.6. The number of rotatable bonds is 4. The van der Waals surface area contributed by atoms with E-state index in [0.717, 1.165) is 48.6 Å². The topological polar surface area (TPSA) is 82.2 Å². The van der Waals surface area contributed by atoms with E-state index in [1.54, 1.807) is 16.7 Å². The van der Waals surface area contributed by atoms with Crippen LogP contribution in [-0.4, -0.2) is 52.5 Å². The maximum Gasteiger partial charge on any atom is 0.282 e. The first-order valence-electron chi connectivity index (χ1n) is 10.8. The summed E-state index contributed by atoms with van der Waals surface area (Å²) in [5.41, 5.74) is 1.28. The summed E-state index contributed by atoms with van der Waals surface area (Å²) in [7, 11) is 0. The number of aromatic nitrogens is 2. The molecule has 33 heavy (non-hydrogen) atoms. The zero-order valence-electron chi connectivity index (χ0n) is 17.8. The second kappa shape index (κ2) is 8.23. The number of halogens is 2. The molecular weight excluding hydrogens is 448 g/mol. The fraction of sp³-hybridized carbons (Fsp3) is 0.391. The van der Waals surface area contributed by atoms with Gasteiger partial charge in [-0.05, 0) is 37.0 Å². The van der Waals surface area contributed by atoms with Crippen LogP contribution in [0.15, 0.2) is 35.1 Å². The Labute approximate surface area is 192 Å². The van der Waals surface area contributed by atoms with Gasteiger partial charge < -0.3 is 9.80 Å². The van der Waals surface area contributed by atoms with Crippen molar-refractivity contribution >= 4 is 33.4 Å². The van der Waals surface area contributed by atoms with E-state index in [9.17, 15) is 23.6 Å². The number of carbonyl (C=O) groups excluding carboxylic acids is 1. The van der Waals surface area contributed by atoms with Crippen LogP contribution in [0.1, 0.15) is 40.1 Å². The molecule has 10 heteroatoms. The minimum atomic E-state index is -2.85. The molecule has 2 saturated heterocycles. The molecular formula is C23H21F2N5O2S. The van der Waals surface area contributed by atoms with Crippen LogP contribution in [0.2, 0.25) is 0 Å².